The lowest BCUT2D eigenvalue weighted by atomic mass is 9.93. The molecule has 4 heteroatoms. The first kappa shape index (κ1) is 36.1. The van der Waals surface area contributed by atoms with Crippen LogP contribution in [0.3, 0.4) is 0 Å². The average molecular weight is 815 g/mol. The maximum Gasteiger partial charge on any atom is 0.0780 e. The van der Waals surface area contributed by atoms with Crippen molar-refractivity contribution in [2.24, 2.45) is 0 Å². The smallest absolute Gasteiger partial charge is 0.0780 e. The van der Waals surface area contributed by atoms with Gasteiger partial charge >= 0.3 is 0 Å². The van der Waals surface area contributed by atoms with Gasteiger partial charge in [-0.3, -0.25) is 4.98 Å². The van der Waals surface area contributed by atoms with Gasteiger partial charge in [-0.25, -0.2) is 4.98 Å². The molecule has 4 heterocycles. The lowest BCUT2D eigenvalue weighted by molar-refractivity contribution is 1.18. The van der Waals surface area contributed by atoms with E-state index in [0.717, 1.165) is 72.3 Å². The highest BCUT2D eigenvalue weighted by Crippen LogP contribution is 2.40. The third-order valence-corrected chi connectivity index (χ3v) is 13.0. The van der Waals surface area contributed by atoms with E-state index in [0.29, 0.717) is 0 Å². The predicted octanol–water partition coefficient (Wildman–Crippen LogP) is 15.6. The summed E-state index contributed by atoms with van der Waals surface area (Å²) in [5, 5.41) is 7.13. The standard InChI is InChI=1S/C60H38N4/c1-3-15-45(16-4-1)63-56-22-9-7-19-48(56)52-36-43(29-32-58(52)63)42-28-31-54-51(35-42)50(40-26-24-39(25-27-40)47-21-11-13-41-14-12-34-61-60(41)47)38-55(62-54)44-30-33-59-53(37-44)49-20-8-10-23-57(49)64(59)46-17-5-2-6-18-46/h1-38H. The molecular weight excluding hydrogens is 777 g/mol. The molecule has 0 amide bonds. The number of fused-ring (bicyclic) bond motifs is 8. The van der Waals surface area contributed by atoms with Gasteiger partial charge in [-0.1, -0.05) is 140 Å². The monoisotopic (exact) mass is 814 g/mol. The predicted molar refractivity (Wildman–Crippen MR) is 267 cm³/mol. The summed E-state index contributed by atoms with van der Waals surface area (Å²) in [7, 11) is 0. The summed E-state index contributed by atoms with van der Waals surface area (Å²) in [5.41, 5.74) is 17.9. The number of aromatic nitrogens is 4. The van der Waals surface area contributed by atoms with Gasteiger partial charge in [0.2, 0.25) is 0 Å². The summed E-state index contributed by atoms with van der Waals surface area (Å²) in [6.45, 7) is 0. The van der Waals surface area contributed by atoms with Crippen LogP contribution in [0.25, 0.3) is 121 Å². The fourth-order valence-corrected chi connectivity index (χ4v) is 9.95. The van der Waals surface area contributed by atoms with Crippen LogP contribution in [0.15, 0.2) is 231 Å². The molecule has 0 fully saturated rings. The number of nitrogens with zero attached hydrogens (tertiary/aromatic N) is 4. The molecule has 0 saturated heterocycles. The molecule has 0 spiro atoms. The minimum absolute atomic E-state index is 0.936. The zero-order valence-electron chi connectivity index (χ0n) is 34.7. The number of pyridine rings is 2. The van der Waals surface area contributed by atoms with E-state index in [1.54, 1.807) is 0 Å². The van der Waals surface area contributed by atoms with Gasteiger partial charge in [0.1, 0.15) is 0 Å². The molecule has 0 atom stereocenters. The van der Waals surface area contributed by atoms with Crippen molar-refractivity contribution in [1.29, 1.82) is 0 Å². The maximum atomic E-state index is 5.43. The van der Waals surface area contributed by atoms with Crippen molar-refractivity contribution in [3.8, 4) is 56.0 Å². The van der Waals surface area contributed by atoms with Crippen molar-refractivity contribution in [2.45, 2.75) is 0 Å². The first-order valence-electron chi connectivity index (χ1n) is 21.8. The third kappa shape index (κ3) is 5.77. The van der Waals surface area contributed by atoms with Crippen LogP contribution in [-0.2, 0) is 0 Å². The second-order valence-corrected chi connectivity index (χ2v) is 16.6. The fraction of sp³-hybridized carbons (Fsp3) is 0. The number of hydrogen-bond acceptors (Lipinski definition) is 2. The van der Waals surface area contributed by atoms with E-state index >= 15 is 0 Å². The Morgan fingerprint density at radius 2 is 0.812 bits per heavy atom. The van der Waals surface area contributed by atoms with Crippen molar-refractivity contribution in [3.05, 3.63) is 231 Å². The van der Waals surface area contributed by atoms with Crippen molar-refractivity contribution >= 4 is 65.4 Å². The number of rotatable bonds is 6. The summed E-state index contributed by atoms with van der Waals surface area (Å²) in [6, 6.07) is 80.9. The van der Waals surface area contributed by atoms with Crippen LogP contribution in [-0.4, -0.2) is 19.1 Å². The van der Waals surface area contributed by atoms with E-state index in [1.807, 2.05) is 12.3 Å². The van der Waals surface area contributed by atoms with Crippen molar-refractivity contribution in [3.63, 3.8) is 0 Å². The SMILES string of the molecule is c1ccc(-n2c3ccccc3c3cc(-c4ccc5nc(-c6ccc7c(c6)c6ccccc6n7-c6ccccc6)cc(-c6ccc(-c7cccc8cccnc78)cc6)c5c4)ccc32)cc1. The summed E-state index contributed by atoms with van der Waals surface area (Å²) < 4.78 is 4.73. The molecule has 0 bridgehead atoms. The Balaban J connectivity index is 0.990. The average Bonchev–Trinajstić information content (AvgIpc) is 3.88. The fourth-order valence-electron chi connectivity index (χ4n) is 9.95. The molecule has 13 aromatic rings. The Bertz CT molecular complexity index is 3930. The molecule has 0 aliphatic carbocycles. The highest BCUT2D eigenvalue weighted by Gasteiger charge is 2.18. The van der Waals surface area contributed by atoms with Crippen molar-refractivity contribution in [1.82, 2.24) is 19.1 Å². The lowest BCUT2D eigenvalue weighted by Gasteiger charge is -2.14. The van der Waals surface area contributed by atoms with Crippen LogP contribution >= 0.6 is 0 Å². The van der Waals surface area contributed by atoms with Gasteiger partial charge in [0, 0.05) is 61.0 Å². The maximum absolute atomic E-state index is 5.43. The van der Waals surface area contributed by atoms with Crippen LogP contribution in [0, 0.1) is 0 Å². The molecule has 0 radical (unpaired) electrons. The van der Waals surface area contributed by atoms with Crippen LogP contribution in [0.2, 0.25) is 0 Å². The topological polar surface area (TPSA) is 35.6 Å². The Labute approximate surface area is 369 Å². The third-order valence-electron chi connectivity index (χ3n) is 13.0. The Hall–Kier alpha value is -8.60. The first-order valence-corrected chi connectivity index (χ1v) is 21.8. The molecular formula is C60H38N4. The summed E-state index contributed by atoms with van der Waals surface area (Å²) in [4.78, 5) is 10.2. The van der Waals surface area contributed by atoms with Gasteiger partial charge in [0.25, 0.3) is 0 Å². The summed E-state index contributed by atoms with van der Waals surface area (Å²) >= 11 is 0. The van der Waals surface area contributed by atoms with Gasteiger partial charge < -0.3 is 9.13 Å². The van der Waals surface area contributed by atoms with E-state index in [2.05, 4.69) is 228 Å². The van der Waals surface area contributed by atoms with Gasteiger partial charge in [-0.05, 0) is 113 Å². The molecule has 0 aliphatic heterocycles. The molecule has 0 N–H and O–H groups in total. The molecule has 0 unspecified atom stereocenters. The van der Waals surface area contributed by atoms with Crippen molar-refractivity contribution < 1.29 is 0 Å². The van der Waals surface area contributed by atoms with E-state index in [9.17, 15) is 0 Å². The minimum Gasteiger partial charge on any atom is -0.309 e. The second kappa shape index (κ2) is 14.5. The van der Waals surface area contributed by atoms with Gasteiger partial charge in [-0.2, -0.15) is 0 Å². The molecule has 64 heavy (non-hydrogen) atoms. The Kier molecular flexibility index (Phi) is 8.18. The van der Waals surface area contributed by atoms with Crippen LogP contribution < -0.4 is 0 Å². The molecule has 298 valence electrons. The van der Waals surface area contributed by atoms with E-state index < -0.39 is 0 Å². The molecule has 4 nitrogen and oxygen atoms in total. The van der Waals surface area contributed by atoms with E-state index in [1.165, 1.54) is 49.2 Å². The zero-order chi connectivity index (χ0) is 42.1. The molecule has 13 rings (SSSR count). The van der Waals surface area contributed by atoms with Gasteiger partial charge in [0.05, 0.1) is 38.8 Å². The zero-order valence-corrected chi connectivity index (χ0v) is 34.7. The molecule has 0 saturated carbocycles. The van der Waals surface area contributed by atoms with Gasteiger partial charge in [-0.15, -0.1) is 0 Å². The van der Waals surface area contributed by atoms with Crippen LogP contribution in [0.5, 0.6) is 0 Å². The van der Waals surface area contributed by atoms with E-state index in [-0.39, 0.29) is 0 Å². The van der Waals surface area contributed by atoms with Crippen molar-refractivity contribution in [2.75, 3.05) is 0 Å². The minimum atomic E-state index is 0.936. The van der Waals surface area contributed by atoms with E-state index in [4.69, 9.17) is 9.97 Å². The van der Waals surface area contributed by atoms with Crippen LogP contribution in [0.4, 0.5) is 0 Å². The number of para-hydroxylation sites is 5. The quantitative estimate of drug-likeness (QED) is 0.168. The Morgan fingerprint density at radius 1 is 0.312 bits per heavy atom. The van der Waals surface area contributed by atoms with Gasteiger partial charge in [0.15, 0.2) is 0 Å². The largest absolute Gasteiger partial charge is 0.309 e. The van der Waals surface area contributed by atoms with Crippen LogP contribution in [0.1, 0.15) is 0 Å². The highest BCUT2D eigenvalue weighted by molar-refractivity contribution is 6.12. The summed E-state index contributed by atoms with van der Waals surface area (Å²) in [5.74, 6) is 0. The Morgan fingerprint density at radius 3 is 1.47 bits per heavy atom. The molecule has 4 aromatic heterocycles. The second-order valence-electron chi connectivity index (χ2n) is 16.6. The highest BCUT2D eigenvalue weighted by atomic mass is 15.0. The number of hydrogen-bond donors (Lipinski definition) is 0. The number of benzene rings is 9. The molecule has 9 aromatic carbocycles. The lowest BCUT2D eigenvalue weighted by Crippen LogP contribution is -1.94. The summed E-state index contributed by atoms with van der Waals surface area (Å²) in [6.07, 6.45) is 1.87. The first-order chi connectivity index (χ1) is 31.7. The molecule has 0 aliphatic rings. The normalized spacial score (nSPS) is 11.8.